The number of amides is 3. The largest absolute Gasteiger partial charge is 0.508 e. The first kappa shape index (κ1) is 42.3. The van der Waals surface area contributed by atoms with Crippen LogP contribution in [0.25, 0.3) is 0 Å². The molecule has 5 heterocycles. The molecule has 5 aliphatic heterocycles. The standard InChI is InChI=1S/C35H45N5O5.C10H12O.C3H6/c1-2-6-31(33(42)36-24-41)40-21-29-28(34(40)43)9-10-30-32(29)44-23-27-20-37(17-18-39(27)30)19-25-11-12-35(45-22-25)13-15-38(16-14-35)26-7-4-3-5-8-26;11-10-6-5-8-3-1-2-4-9(8)7-10;1-3-2/h3-5,7-10,24-25,27,31H,2,6,11-23H2,1H3,(H,36,41,42);5-7,11H,1-4H2;3H,1H2,2H3. The number of allylic oxidation sites excluding steroid dienone is 1. The monoisotopic (exact) mass is 805 g/mol. The number of aryl methyl sites for hydroxylation is 2. The Labute approximate surface area is 350 Å². The van der Waals surface area contributed by atoms with Gasteiger partial charge in [-0.15, -0.1) is 6.58 Å². The summed E-state index contributed by atoms with van der Waals surface area (Å²) < 4.78 is 13.1. The van der Waals surface area contributed by atoms with Crippen molar-refractivity contribution in [2.45, 2.75) is 102 Å². The number of carbonyl (C=O) groups excluding carboxylic acids is 3. The number of carbonyl (C=O) groups is 3. The van der Waals surface area contributed by atoms with Gasteiger partial charge in [0.1, 0.15) is 24.1 Å². The third-order valence-electron chi connectivity index (χ3n) is 13.1. The Balaban J connectivity index is 0.000000319. The Morgan fingerprint density at radius 3 is 2.47 bits per heavy atom. The fraction of sp³-hybridized carbons (Fsp3) is 0.521. The molecule has 3 fully saturated rings. The topological polar surface area (TPSA) is 115 Å². The predicted octanol–water partition coefficient (Wildman–Crippen LogP) is 6.90. The quantitative estimate of drug-likeness (QED) is 0.186. The lowest BCUT2D eigenvalue weighted by molar-refractivity contribution is -0.129. The molecule has 0 bridgehead atoms. The molecule has 2 N–H and O–H groups in total. The van der Waals surface area contributed by atoms with Crippen molar-refractivity contribution < 1.29 is 29.0 Å². The molecule has 6 aliphatic rings. The van der Waals surface area contributed by atoms with Crippen LogP contribution in [-0.4, -0.2) is 103 Å². The van der Waals surface area contributed by atoms with Crippen LogP contribution in [-0.2, 0) is 33.7 Å². The lowest BCUT2D eigenvalue weighted by atomic mass is 9.81. The Morgan fingerprint density at radius 1 is 1.00 bits per heavy atom. The molecule has 3 aromatic rings. The van der Waals surface area contributed by atoms with Gasteiger partial charge in [-0.25, -0.2) is 0 Å². The molecule has 0 aromatic heterocycles. The van der Waals surface area contributed by atoms with Crippen LogP contribution in [0.1, 0.15) is 92.3 Å². The number of piperidine rings is 1. The molecule has 59 heavy (non-hydrogen) atoms. The van der Waals surface area contributed by atoms with Gasteiger partial charge in [-0.3, -0.25) is 24.6 Å². The minimum atomic E-state index is -0.684. The van der Waals surface area contributed by atoms with Crippen molar-refractivity contribution in [1.29, 1.82) is 0 Å². The van der Waals surface area contributed by atoms with Crippen LogP contribution in [0, 0.1) is 5.92 Å². The number of nitrogens with one attached hydrogen (secondary N) is 1. The number of phenolic OH excluding ortho intramolecular Hbond substituents is 1. The van der Waals surface area contributed by atoms with Gasteiger partial charge >= 0.3 is 0 Å². The van der Waals surface area contributed by atoms with Crippen LogP contribution < -0.4 is 19.9 Å². The van der Waals surface area contributed by atoms with Crippen LogP contribution >= 0.6 is 0 Å². The highest BCUT2D eigenvalue weighted by Crippen LogP contribution is 2.44. The summed E-state index contributed by atoms with van der Waals surface area (Å²) >= 11 is 0. The molecular weight excluding hydrogens is 743 g/mol. The number of benzene rings is 3. The fourth-order valence-electron chi connectivity index (χ4n) is 9.94. The van der Waals surface area contributed by atoms with Gasteiger partial charge in [0.2, 0.25) is 12.3 Å². The number of aromatic hydroxyl groups is 1. The number of fused-ring (bicyclic) bond motifs is 6. The van der Waals surface area contributed by atoms with Gasteiger partial charge in [0.15, 0.2) is 0 Å². The second-order valence-corrected chi connectivity index (χ2v) is 17.0. The number of phenols is 1. The maximum Gasteiger partial charge on any atom is 0.255 e. The van der Waals surface area contributed by atoms with Gasteiger partial charge in [-0.2, -0.15) is 0 Å². The Morgan fingerprint density at radius 2 is 1.76 bits per heavy atom. The first-order valence-electron chi connectivity index (χ1n) is 21.9. The van der Waals surface area contributed by atoms with E-state index >= 15 is 0 Å². The predicted molar refractivity (Wildman–Crippen MR) is 232 cm³/mol. The van der Waals surface area contributed by atoms with Gasteiger partial charge in [0, 0.05) is 56.1 Å². The third kappa shape index (κ3) is 9.62. The molecule has 3 saturated heterocycles. The first-order chi connectivity index (χ1) is 28.8. The highest BCUT2D eigenvalue weighted by Gasteiger charge is 2.43. The average molecular weight is 806 g/mol. The Hall–Kier alpha value is -4.87. The van der Waals surface area contributed by atoms with E-state index in [1.807, 2.05) is 38.1 Å². The number of hydrogen-bond acceptors (Lipinski definition) is 9. The molecule has 11 nitrogen and oxygen atoms in total. The molecule has 3 unspecified atom stereocenters. The maximum absolute atomic E-state index is 13.4. The van der Waals surface area contributed by atoms with Crippen molar-refractivity contribution in [1.82, 2.24) is 15.1 Å². The van der Waals surface area contributed by atoms with E-state index in [0.717, 1.165) is 95.0 Å². The van der Waals surface area contributed by atoms with Gasteiger partial charge in [-0.05, 0) is 118 Å². The number of imide groups is 1. The number of piperazine rings is 1. The number of para-hydroxylation sites is 1. The molecule has 11 heteroatoms. The van der Waals surface area contributed by atoms with E-state index in [1.54, 1.807) is 17.0 Å². The molecular formula is C48H63N5O6. The molecule has 1 spiro atoms. The molecule has 0 radical (unpaired) electrons. The van der Waals surface area contributed by atoms with Crippen molar-refractivity contribution in [3.05, 3.63) is 95.6 Å². The minimum absolute atomic E-state index is 0.0491. The Kier molecular flexibility index (Phi) is 13.9. The van der Waals surface area contributed by atoms with Crippen LogP contribution in [0.4, 0.5) is 11.4 Å². The highest BCUT2D eigenvalue weighted by atomic mass is 16.5. The molecule has 3 amide bonds. The minimum Gasteiger partial charge on any atom is -0.508 e. The van der Waals surface area contributed by atoms with E-state index < -0.39 is 11.9 Å². The van der Waals surface area contributed by atoms with Crippen molar-refractivity contribution in [2.24, 2.45) is 5.92 Å². The third-order valence-corrected chi connectivity index (χ3v) is 13.1. The van der Waals surface area contributed by atoms with E-state index in [-0.39, 0.29) is 17.6 Å². The van der Waals surface area contributed by atoms with Crippen LogP contribution in [0.15, 0.2) is 73.3 Å². The van der Waals surface area contributed by atoms with Gasteiger partial charge in [0.25, 0.3) is 5.91 Å². The molecule has 1 aliphatic carbocycles. The van der Waals surface area contributed by atoms with Crippen LogP contribution in [0.2, 0.25) is 0 Å². The highest BCUT2D eigenvalue weighted by molar-refractivity contribution is 6.03. The zero-order valence-corrected chi connectivity index (χ0v) is 35.1. The maximum atomic E-state index is 13.4. The number of hydrogen-bond donors (Lipinski definition) is 2. The second kappa shape index (κ2) is 19.5. The molecule has 316 valence electrons. The number of rotatable bonds is 8. The summed E-state index contributed by atoms with van der Waals surface area (Å²) in [5.74, 6) is 1.11. The SMILES string of the molecule is C=CC.CCCC(C(=O)NC=O)N1Cc2c(ccc3c2OCC2CN(CC4CCC5(CCN(c6ccccc6)CC5)OC4)CCN32)C1=O.Oc1ccc2c(c1)CCCC2. The lowest BCUT2D eigenvalue weighted by Crippen LogP contribution is -2.58. The van der Waals surface area contributed by atoms with Gasteiger partial charge < -0.3 is 29.3 Å². The normalized spacial score (nSPS) is 22.1. The summed E-state index contributed by atoms with van der Waals surface area (Å²) in [6, 6.07) is 19.9. The smallest absolute Gasteiger partial charge is 0.255 e. The summed E-state index contributed by atoms with van der Waals surface area (Å²) in [6.45, 7) is 14.9. The molecule has 3 aromatic carbocycles. The molecule has 9 rings (SSSR count). The fourth-order valence-corrected chi connectivity index (χ4v) is 9.94. The van der Waals surface area contributed by atoms with Crippen LogP contribution in [0.5, 0.6) is 11.5 Å². The zero-order chi connectivity index (χ0) is 41.4. The zero-order valence-electron chi connectivity index (χ0n) is 35.1. The summed E-state index contributed by atoms with van der Waals surface area (Å²) in [5.41, 5.74) is 6.61. The summed E-state index contributed by atoms with van der Waals surface area (Å²) in [6.07, 6.45) is 12.8. The van der Waals surface area contributed by atoms with E-state index in [0.29, 0.717) is 43.2 Å². The van der Waals surface area contributed by atoms with E-state index in [1.165, 1.54) is 42.5 Å². The van der Waals surface area contributed by atoms with Crippen molar-refractivity contribution >= 4 is 29.6 Å². The van der Waals surface area contributed by atoms with Gasteiger partial charge in [-0.1, -0.05) is 43.7 Å². The number of nitrogens with zero attached hydrogens (tertiary/aromatic N) is 4. The molecule has 0 saturated carbocycles. The lowest BCUT2D eigenvalue weighted by Gasteiger charge is -2.49. The summed E-state index contributed by atoms with van der Waals surface area (Å²) in [5, 5.41) is 11.4. The summed E-state index contributed by atoms with van der Waals surface area (Å²) in [4.78, 5) is 46.0. The van der Waals surface area contributed by atoms with Gasteiger partial charge in [0.05, 0.1) is 30.5 Å². The van der Waals surface area contributed by atoms with E-state index in [4.69, 9.17) is 9.47 Å². The van der Waals surface area contributed by atoms with Crippen LogP contribution in [0.3, 0.4) is 0 Å². The first-order valence-corrected chi connectivity index (χ1v) is 21.9. The van der Waals surface area contributed by atoms with Crippen molar-refractivity contribution in [2.75, 3.05) is 62.3 Å². The summed E-state index contributed by atoms with van der Waals surface area (Å²) in [7, 11) is 0. The average Bonchev–Trinajstić information content (AvgIpc) is 3.60. The van der Waals surface area contributed by atoms with E-state index in [9.17, 15) is 19.5 Å². The second-order valence-electron chi connectivity index (χ2n) is 17.0. The van der Waals surface area contributed by atoms with Crippen molar-refractivity contribution in [3.63, 3.8) is 0 Å². The molecule has 3 atom stereocenters. The number of ether oxygens (including phenoxy) is 2. The Bertz CT molecular complexity index is 1920. The number of anilines is 2. The van der Waals surface area contributed by atoms with Crippen molar-refractivity contribution in [3.8, 4) is 11.5 Å². The van der Waals surface area contributed by atoms with E-state index in [2.05, 4.69) is 56.9 Å².